The molecule has 2 aliphatic rings. The number of amides is 1. The van der Waals surface area contributed by atoms with E-state index in [1.54, 1.807) is 12.1 Å². The summed E-state index contributed by atoms with van der Waals surface area (Å²) in [6.45, 7) is 0.665. The third kappa shape index (κ3) is 2.70. The number of benzene rings is 1. The van der Waals surface area contributed by atoms with Crippen molar-refractivity contribution in [2.75, 3.05) is 13.1 Å². The summed E-state index contributed by atoms with van der Waals surface area (Å²) >= 11 is 0. The van der Waals surface area contributed by atoms with Crippen LogP contribution in [0.4, 0.5) is 0 Å². The number of rotatable bonds is 3. The Bertz CT molecular complexity index is 669. The summed E-state index contributed by atoms with van der Waals surface area (Å²) in [5, 5.41) is 0. The molecule has 2 N–H and O–H groups in total. The number of nitrogens with zero attached hydrogens (tertiary/aromatic N) is 1. The molecule has 1 aliphatic heterocycles. The first-order chi connectivity index (χ1) is 9.98. The minimum atomic E-state index is -3.52. The van der Waals surface area contributed by atoms with Crippen LogP contribution in [0.25, 0.3) is 0 Å². The van der Waals surface area contributed by atoms with Gasteiger partial charge < -0.3 is 5.73 Å². The second kappa shape index (κ2) is 5.42. The molecule has 0 radical (unpaired) electrons. The monoisotopic (exact) mass is 308 g/mol. The van der Waals surface area contributed by atoms with E-state index in [-0.39, 0.29) is 12.5 Å². The number of piperidine rings is 1. The highest BCUT2D eigenvalue weighted by molar-refractivity contribution is 7.89. The quantitative estimate of drug-likeness (QED) is 0.906. The molecule has 1 saturated heterocycles. The van der Waals surface area contributed by atoms with Crippen LogP contribution in [-0.2, 0) is 27.7 Å². The normalized spacial score (nSPS) is 23.0. The van der Waals surface area contributed by atoms with Gasteiger partial charge in [-0.15, -0.1) is 0 Å². The Balaban J connectivity index is 1.88. The molecule has 1 amide bonds. The number of carbonyl (C=O) groups excluding carboxylic acids is 1. The van der Waals surface area contributed by atoms with Crippen LogP contribution in [0.1, 0.15) is 30.4 Å². The number of nitrogens with two attached hydrogens (primary N) is 1. The Morgan fingerprint density at radius 2 is 1.95 bits per heavy atom. The van der Waals surface area contributed by atoms with E-state index < -0.39 is 15.9 Å². The molecule has 1 aromatic carbocycles. The molecule has 6 heteroatoms. The maximum Gasteiger partial charge on any atom is 0.243 e. The van der Waals surface area contributed by atoms with E-state index in [0.29, 0.717) is 24.3 Å². The SMILES string of the molecule is NC(=O)C1CCCN(S(=O)(=O)c2ccc3c(c2)CCC3)C1. The van der Waals surface area contributed by atoms with Crippen molar-refractivity contribution in [1.82, 2.24) is 4.31 Å². The number of hydrogen-bond acceptors (Lipinski definition) is 3. The minimum absolute atomic E-state index is 0.203. The number of sulfonamides is 1. The number of carbonyl (C=O) groups is 1. The molecule has 1 fully saturated rings. The van der Waals surface area contributed by atoms with Crippen LogP contribution in [-0.4, -0.2) is 31.7 Å². The van der Waals surface area contributed by atoms with Gasteiger partial charge in [0.2, 0.25) is 15.9 Å². The predicted molar refractivity (Wildman–Crippen MR) is 79.1 cm³/mol. The van der Waals surface area contributed by atoms with Gasteiger partial charge in [0.1, 0.15) is 0 Å². The van der Waals surface area contributed by atoms with Gasteiger partial charge in [-0.3, -0.25) is 4.79 Å². The summed E-state index contributed by atoms with van der Waals surface area (Å²) in [7, 11) is -3.52. The Morgan fingerprint density at radius 1 is 1.19 bits per heavy atom. The molecule has 1 unspecified atom stereocenters. The molecule has 0 bridgehead atoms. The topological polar surface area (TPSA) is 80.5 Å². The molecule has 5 nitrogen and oxygen atoms in total. The fourth-order valence-electron chi connectivity index (χ4n) is 3.25. The smallest absolute Gasteiger partial charge is 0.243 e. The Hall–Kier alpha value is -1.40. The zero-order valence-corrected chi connectivity index (χ0v) is 12.7. The van der Waals surface area contributed by atoms with Crippen molar-refractivity contribution in [2.24, 2.45) is 11.7 Å². The summed E-state index contributed by atoms with van der Waals surface area (Å²) in [4.78, 5) is 11.7. The summed E-state index contributed by atoms with van der Waals surface area (Å²) in [5.41, 5.74) is 7.72. The van der Waals surface area contributed by atoms with Crippen molar-refractivity contribution >= 4 is 15.9 Å². The number of fused-ring (bicyclic) bond motifs is 1. The molecule has 1 aliphatic carbocycles. The highest BCUT2D eigenvalue weighted by Gasteiger charge is 2.32. The molecule has 1 heterocycles. The number of hydrogen-bond donors (Lipinski definition) is 1. The van der Waals surface area contributed by atoms with E-state index in [1.807, 2.05) is 6.07 Å². The molecule has 114 valence electrons. The van der Waals surface area contributed by atoms with Crippen molar-refractivity contribution in [3.8, 4) is 0 Å². The van der Waals surface area contributed by atoms with Gasteiger partial charge in [-0.25, -0.2) is 8.42 Å². The maximum atomic E-state index is 12.7. The molecule has 1 aromatic rings. The van der Waals surface area contributed by atoms with Gasteiger partial charge in [0, 0.05) is 13.1 Å². The molecule has 0 spiro atoms. The van der Waals surface area contributed by atoms with E-state index >= 15 is 0 Å². The van der Waals surface area contributed by atoms with E-state index in [0.717, 1.165) is 24.8 Å². The van der Waals surface area contributed by atoms with Crippen LogP contribution in [0.2, 0.25) is 0 Å². The molecule has 0 aromatic heterocycles. The van der Waals surface area contributed by atoms with Crippen LogP contribution >= 0.6 is 0 Å². The average molecular weight is 308 g/mol. The molecule has 3 rings (SSSR count). The van der Waals surface area contributed by atoms with Gasteiger partial charge in [0.15, 0.2) is 0 Å². The lowest BCUT2D eigenvalue weighted by atomic mass is 9.99. The highest BCUT2D eigenvalue weighted by Crippen LogP contribution is 2.28. The molecular formula is C15H20N2O3S. The van der Waals surface area contributed by atoms with Crippen LogP contribution in [0, 0.1) is 5.92 Å². The van der Waals surface area contributed by atoms with Crippen molar-refractivity contribution in [1.29, 1.82) is 0 Å². The third-order valence-corrected chi connectivity index (χ3v) is 6.36. The fraction of sp³-hybridized carbons (Fsp3) is 0.533. The molecule has 0 saturated carbocycles. The van der Waals surface area contributed by atoms with Gasteiger partial charge in [0.25, 0.3) is 0 Å². The van der Waals surface area contributed by atoms with Crippen molar-refractivity contribution in [3.05, 3.63) is 29.3 Å². The molecule has 1 atom stereocenters. The van der Waals surface area contributed by atoms with Gasteiger partial charge in [-0.1, -0.05) is 6.07 Å². The second-order valence-electron chi connectivity index (χ2n) is 5.89. The lowest BCUT2D eigenvalue weighted by Crippen LogP contribution is -2.44. The predicted octanol–water partition coefficient (Wildman–Crippen LogP) is 1.06. The van der Waals surface area contributed by atoms with Gasteiger partial charge in [-0.05, 0) is 55.4 Å². The van der Waals surface area contributed by atoms with E-state index in [4.69, 9.17) is 5.73 Å². The Kier molecular flexibility index (Phi) is 3.75. The fourth-order valence-corrected chi connectivity index (χ4v) is 4.83. The van der Waals surface area contributed by atoms with Crippen LogP contribution in [0.15, 0.2) is 23.1 Å². The summed E-state index contributed by atoms with van der Waals surface area (Å²) in [6, 6.07) is 5.41. The Morgan fingerprint density at radius 3 is 2.71 bits per heavy atom. The van der Waals surface area contributed by atoms with E-state index in [9.17, 15) is 13.2 Å². The third-order valence-electron chi connectivity index (χ3n) is 4.49. The van der Waals surface area contributed by atoms with Crippen molar-refractivity contribution in [2.45, 2.75) is 37.0 Å². The largest absolute Gasteiger partial charge is 0.369 e. The zero-order chi connectivity index (χ0) is 15.0. The first kappa shape index (κ1) is 14.5. The summed E-state index contributed by atoms with van der Waals surface area (Å²) in [5.74, 6) is -0.785. The molecular weight excluding hydrogens is 288 g/mol. The first-order valence-corrected chi connectivity index (χ1v) is 8.84. The van der Waals surface area contributed by atoms with E-state index in [2.05, 4.69) is 0 Å². The molecule has 21 heavy (non-hydrogen) atoms. The zero-order valence-electron chi connectivity index (χ0n) is 11.9. The summed E-state index contributed by atoms with van der Waals surface area (Å²) < 4.78 is 26.9. The first-order valence-electron chi connectivity index (χ1n) is 7.40. The Labute approximate surface area is 125 Å². The average Bonchev–Trinajstić information content (AvgIpc) is 2.94. The van der Waals surface area contributed by atoms with Crippen LogP contribution in [0.5, 0.6) is 0 Å². The van der Waals surface area contributed by atoms with Crippen molar-refractivity contribution in [3.63, 3.8) is 0 Å². The van der Waals surface area contributed by atoms with Crippen LogP contribution in [0.3, 0.4) is 0 Å². The standard InChI is InChI=1S/C15H20N2O3S/c16-15(18)13-5-2-8-17(10-13)21(19,20)14-7-6-11-3-1-4-12(11)9-14/h6-7,9,13H,1-5,8,10H2,(H2,16,18). The summed E-state index contributed by atoms with van der Waals surface area (Å²) in [6.07, 6.45) is 4.42. The maximum absolute atomic E-state index is 12.7. The van der Waals surface area contributed by atoms with Gasteiger partial charge >= 0.3 is 0 Å². The number of aryl methyl sites for hydroxylation is 2. The van der Waals surface area contributed by atoms with Crippen LogP contribution < -0.4 is 5.73 Å². The van der Waals surface area contributed by atoms with E-state index in [1.165, 1.54) is 9.87 Å². The van der Waals surface area contributed by atoms with Gasteiger partial charge in [0.05, 0.1) is 10.8 Å². The van der Waals surface area contributed by atoms with Gasteiger partial charge in [-0.2, -0.15) is 4.31 Å². The highest BCUT2D eigenvalue weighted by atomic mass is 32.2. The second-order valence-corrected chi connectivity index (χ2v) is 7.83. The number of primary amides is 1. The lowest BCUT2D eigenvalue weighted by molar-refractivity contribution is -0.122. The van der Waals surface area contributed by atoms with Crippen molar-refractivity contribution < 1.29 is 13.2 Å². The minimum Gasteiger partial charge on any atom is -0.369 e. The lowest BCUT2D eigenvalue weighted by Gasteiger charge is -2.30.